The van der Waals surface area contributed by atoms with Gasteiger partial charge in [0.05, 0.1) is 2.74 Å². The fourth-order valence-corrected chi connectivity index (χ4v) is 6.29. The molecule has 0 fully saturated rings. The van der Waals surface area contributed by atoms with Crippen LogP contribution in [-0.4, -0.2) is 0 Å². The Balaban J connectivity index is 1.06. The highest BCUT2D eigenvalue weighted by Gasteiger charge is 2.15. The molecule has 0 saturated heterocycles. The largest absolute Gasteiger partial charge is 0.457 e. The van der Waals surface area contributed by atoms with E-state index < -0.39 is 0 Å². The molecule has 0 N–H and O–H groups in total. The van der Waals surface area contributed by atoms with E-state index in [0.717, 1.165) is 67.9 Å². The summed E-state index contributed by atoms with van der Waals surface area (Å²) in [5.41, 5.74) is 10.3. The van der Waals surface area contributed by atoms with Gasteiger partial charge in [0.25, 0.3) is 0 Å². The lowest BCUT2D eigenvalue weighted by molar-refractivity contribution is 0.483. The molecule has 0 spiro atoms. The second-order valence-corrected chi connectivity index (χ2v) is 12.1. The normalized spacial score (nSPS) is 11.3. The molecule has 8 aromatic carbocycles. The van der Waals surface area contributed by atoms with E-state index in [9.17, 15) is 0 Å². The Kier molecular flexibility index (Phi) is 8.41. The molecule has 0 aliphatic heterocycles. The average Bonchev–Trinajstić information content (AvgIpc) is 3.20. The molecule has 244 valence electrons. The Morgan fingerprint density at radius 1 is 0.294 bits per heavy atom. The lowest BCUT2D eigenvalue weighted by atomic mass is 10.0. The van der Waals surface area contributed by atoms with Crippen LogP contribution in [0, 0.1) is 0 Å². The van der Waals surface area contributed by atoms with Crippen LogP contribution in [0.25, 0.3) is 22.3 Å². The summed E-state index contributed by atoms with van der Waals surface area (Å²) in [6.07, 6.45) is 0. The highest BCUT2D eigenvalue weighted by Crippen LogP contribution is 2.39. The summed E-state index contributed by atoms with van der Waals surface area (Å²) in [5.74, 6) is 1.46. The third kappa shape index (κ3) is 7.15. The second-order valence-electron chi connectivity index (χ2n) is 12.1. The number of rotatable bonds is 10. The standard InChI is InChI=1S/C48H36N2O/c1-5-14-37(15-6-1)39-24-28-43(29-25-39)49(41-18-9-3-10-19-41)45-32-34-47(35-33-45)51-48-23-13-22-46(36-48)50(42-20-11-4-12-21-42)44-30-26-40(27-31-44)38-16-7-2-8-17-38/h1-36H/i5T,7T. The van der Waals surface area contributed by atoms with Gasteiger partial charge in [0.2, 0.25) is 0 Å². The van der Waals surface area contributed by atoms with Crippen LogP contribution >= 0.6 is 0 Å². The van der Waals surface area contributed by atoms with E-state index >= 15 is 0 Å². The van der Waals surface area contributed by atoms with E-state index in [-0.39, 0.29) is 0 Å². The van der Waals surface area contributed by atoms with Gasteiger partial charge in [0, 0.05) is 40.2 Å². The predicted molar refractivity (Wildman–Crippen MR) is 213 cm³/mol. The van der Waals surface area contributed by atoms with Gasteiger partial charge in [-0.25, -0.2) is 0 Å². The molecule has 0 unspecified atom stereocenters. The number of para-hydroxylation sites is 2. The van der Waals surface area contributed by atoms with Gasteiger partial charge in [0.1, 0.15) is 11.5 Å². The third-order valence-electron chi connectivity index (χ3n) is 8.77. The molecular formula is C48H36N2O. The number of hydrogen-bond acceptors (Lipinski definition) is 3. The summed E-state index contributed by atoms with van der Waals surface area (Å²) in [5, 5.41) is 0. The summed E-state index contributed by atoms with van der Waals surface area (Å²) in [6.45, 7) is 0. The molecule has 8 aromatic rings. The first kappa shape index (κ1) is 29.1. The van der Waals surface area contributed by atoms with Crippen molar-refractivity contribution < 1.29 is 7.48 Å². The maximum Gasteiger partial charge on any atom is 0.129 e. The summed E-state index contributed by atoms with van der Waals surface area (Å²) in [6, 6.07) is 70.1. The van der Waals surface area contributed by atoms with Crippen LogP contribution in [0.2, 0.25) is 0 Å². The van der Waals surface area contributed by atoms with E-state index in [1.54, 1.807) is 12.1 Å². The fraction of sp³-hybridized carbons (Fsp3) is 0. The third-order valence-corrected chi connectivity index (χ3v) is 8.77. The monoisotopic (exact) mass is 660 g/mol. The van der Waals surface area contributed by atoms with Crippen LogP contribution in [0.4, 0.5) is 34.1 Å². The molecule has 3 heteroatoms. The molecule has 0 aromatic heterocycles. The first-order valence-corrected chi connectivity index (χ1v) is 17.0. The molecule has 0 aliphatic rings. The van der Waals surface area contributed by atoms with Crippen molar-refractivity contribution in [3.8, 4) is 33.8 Å². The molecule has 0 bridgehead atoms. The first-order valence-electron chi connectivity index (χ1n) is 18.0. The van der Waals surface area contributed by atoms with Crippen molar-refractivity contribution in [2.24, 2.45) is 0 Å². The zero-order chi connectivity index (χ0) is 36.0. The predicted octanol–water partition coefficient (Wildman–Crippen LogP) is 13.8. The van der Waals surface area contributed by atoms with Gasteiger partial charge in [-0.2, -0.15) is 0 Å². The highest BCUT2D eigenvalue weighted by molar-refractivity contribution is 5.80. The van der Waals surface area contributed by atoms with Gasteiger partial charge in [-0.15, -0.1) is 0 Å². The average molecular weight is 661 g/mol. The van der Waals surface area contributed by atoms with Gasteiger partial charge >= 0.3 is 0 Å². The van der Waals surface area contributed by atoms with E-state index in [0.29, 0.717) is 12.1 Å². The number of anilines is 6. The van der Waals surface area contributed by atoms with Crippen LogP contribution in [0.1, 0.15) is 2.74 Å². The van der Waals surface area contributed by atoms with Crippen molar-refractivity contribution in [2.75, 3.05) is 9.80 Å². The van der Waals surface area contributed by atoms with Crippen molar-refractivity contribution in [2.45, 2.75) is 0 Å². The second kappa shape index (κ2) is 14.7. The van der Waals surface area contributed by atoms with Crippen LogP contribution in [-0.2, 0) is 0 Å². The number of hydrogen-bond donors (Lipinski definition) is 0. The molecule has 51 heavy (non-hydrogen) atoms. The first-order chi connectivity index (χ1) is 26.1. The van der Waals surface area contributed by atoms with Crippen LogP contribution in [0.15, 0.2) is 218 Å². The maximum absolute atomic E-state index is 8.03. The molecule has 0 aliphatic carbocycles. The molecule has 0 atom stereocenters. The molecule has 8 rings (SSSR count). The van der Waals surface area contributed by atoms with Gasteiger partial charge < -0.3 is 14.5 Å². The van der Waals surface area contributed by atoms with E-state index in [1.165, 1.54) is 0 Å². The molecule has 0 radical (unpaired) electrons. The molecule has 0 amide bonds. The topological polar surface area (TPSA) is 15.7 Å². The Bertz CT molecular complexity index is 2430. The summed E-state index contributed by atoms with van der Waals surface area (Å²) < 4.78 is 22.5. The minimum absolute atomic E-state index is 0.496. The molecular weight excluding hydrogens is 621 g/mol. The van der Waals surface area contributed by atoms with E-state index in [1.807, 2.05) is 97.1 Å². The smallest absolute Gasteiger partial charge is 0.129 e. The maximum atomic E-state index is 8.03. The quantitative estimate of drug-likeness (QED) is 0.145. The lowest BCUT2D eigenvalue weighted by Gasteiger charge is -2.26. The number of benzene rings is 8. The van der Waals surface area contributed by atoms with Crippen molar-refractivity contribution >= 4 is 34.1 Å². The lowest BCUT2D eigenvalue weighted by Crippen LogP contribution is -2.10. The Labute approximate surface area is 302 Å². The number of ether oxygens (including phenoxy) is 1. The van der Waals surface area contributed by atoms with Gasteiger partial charge in [-0.05, 0) is 107 Å². The minimum atomic E-state index is 0.496. The summed E-state index contributed by atoms with van der Waals surface area (Å²) in [4.78, 5) is 4.44. The van der Waals surface area contributed by atoms with Gasteiger partial charge in [-0.1, -0.05) is 127 Å². The van der Waals surface area contributed by atoms with Crippen molar-refractivity contribution in [1.82, 2.24) is 0 Å². The number of nitrogens with zero attached hydrogens (tertiary/aromatic N) is 2. The zero-order valence-electron chi connectivity index (χ0n) is 29.9. The summed E-state index contributed by atoms with van der Waals surface area (Å²) >= 11 is 0. The van der Waals surface area contributed by atoms with Crippen LogP contribution < -0.4 is 14.5 Å². The highest BCUT2D eigenvalue weighted by atomic mass is 16.5. The Hall–Kier alpha value is -6.84. The minimum Gasteiger partial charge on any atom is -0.457 e. The summed E-state index contributed by atoms with van der Waals surface area (Å²) in [7, 11) is 0. The van der Waals surface area contributed by atoms with E-state index in [2.05, 4.69) is 107 Å². The van der Waals surface area contributed by atoms with Crippen molar-refractivity contribution in [1.29, 1.82) is 0 Å². The molecule has 3 nitrogen and oxygen atoms in total. The van der Waals surface area contributed by atoms with Crippen molar-refractivity contribution in [3.63, 3.8) is 0 Å². The van der Waals surface area contributed by atoms with Crippen LogP contribution in [0.3, 0.4) is 0 Å². The Morgan fingerprint density at radius 3 is 1.18 bits per heavy atom. The Morgan fingerprint density at radius 2 is 0.686 bits per heavy atom. The zero-order valence-corrected chi connectivity index (χ0v) is 27.9. The molecule has 0 saturated carbocycles. The SMILES string of the molecule is [3H]c1cccc(-c2ccc(N(c3ccccc3)c3ccc(Oc4cccc(N(c5ccccc5)c5ccc(-c6cccc([3H])c6)cc5)c4)cc3)cc2)c1. The van der Waals surface area contributed by atoms with Crippen LogP contribution in [0.5, 0.6) is 11.5 Å². The molecule has 0 heterocycles. The van der Waals surface area contributed by atoms with Crippen molar-refractivity contribution in [3.05, 3.63) is 218 Å². The van der Waals surface area contributed by atoms with E-state index in [4.69, 9.17) is 7.48 Å². The van der Waals surface area contributed by atoms with Gasteiger partial charge in [0.15, 0.2) is 0 Å². The fourth-order valence-electron chi connectivity index (χ4n) is 6.29. The van der Waals surface area contributed by atoms with Gasteiger partial charge in [-0.3, -0.25) is 0 Å².